The lowest BCUT2D eigenvalue weighted by Gasteiger charge is -2.28. The number of hydrogen-bond donors (Lipinski definition) is 0. The van der Waals surface area contributed by atoms with E-state index in [1.165, 1.54) is 23.5 Å². The standard InChI is InChI=1S/C24H22N4O5S/c25-15-17(24(30)27-11-4-1-5-12-27)20(29)10-13-33-21-14-16(8-9-19(21)28(31)32)23-26-18-6-2-3-7-22(18)34-23/h2-3,6-9,14,17H,1,4-5,10-13H2. The molecule has 1 fully saturated rings. The number of Topliss-reactive ketones (excluding diaryl/α,β-unsaturated/α-hetero) is 1. The number of carbonyl (C=O) groups is 2. The first-order chi connectivity index (χ1) is 16.5. The summed E-state index contributed by atoms with van der Waals surface area (Å²) in [6.45, 7) is 0.908. The van der Waals surface area contributed by atoms with E-state index in [1.807, 2.05) is 30.3 Å². The van der Waals surface area contributed by atoms with Gasteiger partial charge in [0.25, 0.3) is 0 Å². The minimum Gasteiger partial charge on any atom is -0.486 e. The number of piperidine rings is 1. The first-order valence-corrected chi connectivity index (χ1v) is 11.8. The molecule has 1 aliphatic rings. The molecule has 0 aliphatic carbocycles. The van der Waals surface area contributed by atoms with Gasteiger partial charge in [0.15, 0.2) is 17.5 Å². The van der Waals surface area contributed by atoms with Crippen LogP contribution in [0.2, 0.25) is 0 Å². The van der Waals surface area contributed by atoms with Crippen molar-refractivity contribution in [2.24, 2.45) is 5.92 Å². The molecule has 1 aliphatic heterocycles. The number of thiazole rings is 1. The predicted molar refractivity (Wildman–Crippen MR) is 126 cm³/mol. The van der Waals surface area contributed by atoms with Gasteiger partial charge in [0, 0.05) is 31.1 Å². The Kier molecular flexibility index (Phi) is 7.13. The molecule has 3 aromatic rings. The van der Waals surface area contributed by atoms with Crippen LogP contribution >= 0.6 is 11.3 Å². The molecule has 34 heavy (non-hydrogen) atoms. The number of amides is 1. The van der Waals surface area contributed by atoms with Crippen LogP contribution in [-0.4, -0.2) is 46.2 Å². The number of nitrogens with zero attached hydrogens (tertiary/aromatic N) is 4. The van der Waals surface area contributed by atoms with Crippen molar-refractivity contribution in [2.75, 3.05) is 19.7 Å². The van der Waals surface area contributed by atoms with Gasteiger partial charge in [-0.05, 0) is 43.5 Å². The van der Waals surface area contributed by atoms with Gasteiger partial charge in [0.1, 0.15) is 5.01 Å². The molecule has 1 atom stereocenters. The maximum absolute atomic E-state index is 12.6. The molecule has 10 heteroatoms. The number of nitro benzene ring substituents is 1. The Bertz CT molecular complexity index is 1240. The van der Waals surface area contributed by atoms with Gasteiger partial charge in [-0.2, -0.15) is 5.26 Å². The van der Waals surface area contributed by atoms with E-state index < -0.39 is 22.5 Å². The summed E-state index contributed by atoms with van der Waals surface area (Å²) in [6, 6.07) is 13.9. The second-order valence-electron chi connectivity index (χ2n) is 7.94. The normalized spacial score (nSPS) is 14.4. The number of ketones is 1. The highest BCUT2D eigenvalue weighted by Crippen LogP contribution is 2.36. The summed E-state index contributed by atoms with van der Waals surface area (Å²) in [5, 5.41) is 21.6. The molecular formula is C24H22N4O5S. The number of carbonyl (C=O) groups excluding carboxylic acids is 2. The second kappa shape index (κ2) is 10.4. The Hall–Kier alpha value is -3.84. The third kappa shape index (κ3) is 5.05. The van der Waals surface area contributed by atoms with E-state index in [-0.39, 0.29) is 24.5 Å². The topological polar surface area (TPSA) is 126 Å². The molecule has 9 nitrogen and oxygen atoms in total. The van der Waals surface area contributed by atoms with Gasteiger partial charge in [-0.1, -0.05) is 12.1 Å². The Morgan fingerprint density at radius 3 is 2.68 bits per heavy atom. The maximum atomic E-state index is 12.6. The van der Waals surface area contributed by atoms with Crippen LogP contribution < -0.4 is 4.74 Å². The van der Waals surface area contributed by atoms with Gasteiger partial charge in [-0.15, -0.1) is 11.3 Å². The molecule has 0 radical (unpaired) electrons. The van der Waals surface area contributed by atoms with Gasteiger partial charge in [-0.25, -0.2) is 4.98 Å². The van der Waals surface area contributed by atoms with Crippen molar-refractivity contribution >= 4 is 38.9 Å². The third-order valence-corrected chi connectivity index (χ3v) is 6.75. The van der Waals surface area contributed by atoms with E-state index in [4.69, 9.17) is 4.74 Å². The summed E-state index contributed by atoms with van der Waals surface area (Å²) in [4.78, 5) is 42.2. The van der Waals surface area contributed by atoms with Crippen LogP contribution in [0.15, 0.2) is 42.5 Å². The second-order valence-corrected chi connectivity index (χ2v) is 8.97. The monoisotopic (exact) mass is 478 g/mol. The first-order valence-electron chi connectivity index (χ1n) is 11.0. The maximum Gasteiger partial charge on any atom is 0.310 e. The van der Waals surface area contributed by atoms with Crippen molar-refractivity contribution in [3.63, 3.8) is 0 Å². The number of hydrogen-bond acceptors (Lipinski definition) is 8. The van der Waals surface area contributed by atoms with Gasteiger partial charge < -0.3 is 9.64 Å². The third-order valence-electron chi connectivity index (χ3n) is 5.67. The largest absolute Gasteiger partial charge is 0.486 e. The molecule has 0 bridgehead atoms. The Morgan fingerprint density at radius 2 is 1.97 bits per heavy atom. The van der Waals surface area contributed by atoms with Crippen LogP contribution in [0.1, 0.15) is 25.7 Å². The summed E-state index contributed by atoms with van der Waals surface area (Å²) >= 11 is 1.46. The highest BCUT2D eigenvalue weighted by molar-refractivity contribution is 7.21. The molecular weight excluding hydrogens is 456 g/mol. The molecule has 174 valence electrons. The fourth-order valence-electron chi connectivity index (χ4n) is 3.88. The number of nitro groups is 1. The lowest BCUT2D eigenvalue weighted by Crippen LogP contribution is -2.42. The van der Waals surface area contributed by atoms with E-state index in [0.29, 0.717) is 23.7 Å². The molecule has 4 rings (SSSR count). The van der Waals surface area contributed by atoms with Gasteiger partial charge in [0.2, 0.25) is 5.91 Å². The number of likely N-dealkylation sites (tertiary alicyclic amines) is 1. The fourth-order valence-corrected chi connectivity index (χ4v) is 4.84. The first kappa shape index (κ1) is 23.3. The van der Waals surface area contributed by atoms with Crippen molar-refractivity contribution in [1.82, 2.24) is 9.88 Å². The number of aromatic nitrogens is 1. The van der Waals surface area contributed by atoms with Crippen LogP contribution in [0.3, 0.4) is 0 Å². The number of rotatable bonds is 8. The lowest BCUT2D eigenvalue weighted by molar-refractivity contribution is -0.385. The molecule has 0 saturated carbocycles. The minimum atomic E-state index is -1.38. The average molecular weight is 479 g/mol. The molecule has 0 N–H and O–H groups in total. The molecule has 1 aromatic heterocycles. The average Bonchev–Trinajstić information content (AvgIpc) is 3.29. The molecule has 1 unspecified atom stereocenters. The van der Waals surface area contributed by atoms with E-state index >= 15 is 0 Å². The summed E-state index contributed by atoms with van der Waals surface area (Å²) in [5.74, 6) is -2.41. The molecule has 0 spiro atoms. The number of nitriles is 1. The Labute approximate surface area is 199 Å². The molecule has 1 saturated heterocycles. The SMILES string of the molecule is N#CC(C(=O)CCOc1cc(-c2nc3ccccc3s2)ccc1[N+](=O)[O-])C(=O)N1CCCCC1. The fraction of sp³-hybridized carbons (Fsp3) is 0.333. The van der Waals surface area contributed by atoms with Gasteiger partial charge in [-0.3, -0.25) is 19.7 Å². The number of fused-ring (bicyclic) bond motifs is 1. The van der Waals surface area contributed by atoms with Crippen molar-refractivity contribution in [3.8, 4) is 22.4 Å². The summed E-state index contributed by atoms with van der Waals surface area (Å²) in [5.41, 5.74) is 1.25. The summed E-state index contributed by atoms with van der Waals surface area (Å²) in [7, 11) is 0. The van der Waals surface area contributed by atoms with Crippen LogP contribution in [0.4, 0.5) is 5.69 Å². The van der Waals surface area contributed by atoms with Crippen LogP contribution in [0, 0.1) is 27.4 Å². The van der Waals surface area contributed by atoms with E-state index in [2.05, 4.69) is 4.98 Å². The quantitative estimate of drug-likeness (QED) is 0.267. The molecule has 1 amide bonds. The van der Waals surface area contributed by atoms with Crippen molar-refractivity contribution in [2.45, 2.75) is 25.7 Å². The number of para-hydroxylation sites is 1. The summed E-state index contributed by atoms with van der Waals surface area (Å²) < 4.78 is 6.60. The number of benzene rings is 2. The summed E-state index contributed by atoms with van der Waals surface area (Å²) in [6.07, 6.45) is 2.53. The highest BCUT2D eigenvalue weighted by Gasteiger charge is 2.31. The van der Waals surface area contributed by atoms with E-state index in [1.54, 1.807) is 11.0 Å². The van der Waals surface area contributed by atoms with Crippen LogP contribution in [0.5, 0.6) is 5.75 Å². The Morgan fingerprint density at radius 1 is 1.21 bits per heavy atom. The Balaban J connectivity index is 1.46. The van der Waals surface area contributed by atoms with Crippen molar-refractivity contribution in [3.05, 3.63) is 52.6 Å². The van der Waals surface area contributed by atoms with E-state index in [9.17, 15) is 25.0 Å². The predicted octanol–water partition coefficient (Wildman–Crippen LogP) is 4.36. The molecule has 2 aromatic carbocycles. The van der Waals surface area contributed by atoms with Crippen LogP contribution in [-0.2, 0) is 9.59 Å². The van der Waals surface area contributed by atoms with E-state index in [0.717, 1.165) is 29.5 Å². The van der Waals surface area contributed by atoms with Crippen molar-refractivity contribution < 1.29 is 19.2 Å². The van der Waals surface area contributed by atoms with Gasteiger partial charge in [0.05, 0.1) is 27.8 Å². The minimum absolute atomic E-state index is 0.00502. The van der Waals surface area contributed by atoms with Crippen LogP contribution in [0.25, 0.3) is 20.8 Å². The zero-order valence-corrected chi connectivity index (χ0v) is 19.1. The van der Waals surface area contributed by atoms with Gasteiger partial charge >= 0.3 is 5.69 Å². The van der Waals surface area contributed by atoms with Crippen molar-refractivity contribution in [1.29, 1.82) is 5.26 Å². The smallest absolute Gasteiger partial charge is 0.310 e. The molecule has 2 heterocycles. The highest BCUT2D eigenvalue weighted by atomic mass is 32.1. The zero-order chi connectivity index (χ0) is 24.1. The lowest BCUT2D eigenvalue weighted by atomic mass is 10.00. The number of ether oxygens (including phenoxy) is 1. The zero-order valence-electron chi connectivity index (χ0n) is 18.3.